The van der Waals surface area contributed by atoms with Gasteiger partial charge in [0.1, 0.15) is 0 Å². The monoisotopic (exact) mass is 398 g/mol. The van der Waals surface area contributed by atoms with Crippen LogP contribution >= 0.6 is 0 Å². The van der Waals surface area contributed by atoms with E-state index in [0.717, 1.165) is 39.1 Å². The van der Waals surface area contributed by atoms with Crippen molar-refractivity contribution < 1.29 is 4.79 Å². The van der Waals surface area contributed by atoms with Crippen molar-refractivity contribution in [1.82, 2.24) is 9.80 Å². The summed E-state index contributed by atoms with van der Waals surface area (Å²) in [7, 11) is 0. The number of carbonyl (C=O) groups is 1. The maximum atomic E-state index is 12.9. The first-order valence-corrected chi connectivity index (χ1v) is 10.9. The molecule has 1 heterocycles. The fourth-order valence-corrected chi connectivity index (χ4v) is 4.32. The third-order valence-corrected chi connectivity index (χ3v) is 6.02. The predicted octanol–water partition coefficient (Wildman–Crippen LogP) is 4.94. The second kappa shape index (κ2) is 10.2. The van der Waals surface area contributed by atoms with Crippen molar-refractivity contribution in [2.24, 2.45) is 0 Å². The van der Waals surface area contributed by atoms with Gasteiger partial charge in [0.2, 0.25) is 5.91 Å². The summed E-state index contributed by atoms with van der Waals surface area (Å²) in [6.45, 7) is 4.51. The Bertz CT molecular complexity index is 864. The number of benzene rings is 3. The fourth-order valence-electron chi connectivity index (χ4n) is 4.32. The molecule has 0 atom stereocenters. The van der Waals surface area contributed by atoms with E-state index in [9.17, 15) is 4.79 Å². The number of rotatable bonds is 7. The minimum atomic E-state index is 0.260. The van der Waals surface area contributed by atoms with Crippen molar-refractivity contribution in [3.05, 3.63) is 108 Å². The molecule has 1 aliphatic rings. The quantitative estimate of drug-likeness (QED) is 0.563. The van der Waals surface area contributed by atoms with Crippen LogP contribution in [0.2, 0.25) is 0 Å². The zero-order chi connectivity index (χ0) is 20.6. The van der Waals surface area contributed by atoms with Crippen molar-refractivity contribution in [3.63, 3.8) is 0 Å². The van der Waals surface area contributed by atoms with Crippen molar-refractivity contribution in [2.75, 3.05) is 26.2 Å². The third kappa shape index (κ3) is 5.37. The molecule has 0 saturated carbocycles. The summed E-state index contributed by atoms with van der Waals surface area (Å²) in [5.41, 5.74) is 3.90. The van der Waals surface area contributed by atoms with Gasteiger partial charge in [0, 0.05) is 45.1 Å². The Morgan fingerprint density at radius 3 is 1.73 bits per heavy atom. The van der Waals surface area contributed by atoms with Crippen LogP contribution in [0.25, 0.3) is 0 Å². The Labute approximate surface area is 180 Å². The molecule has 0 spiro atoms. The van der Waals surface area contributed by atoms with Crippen molar-refractivity contribution >= 4 is 5.91 Å². The van der Waals surface area contributed by atoms with Crippen LogP contribution < -0.4 is 0 Å². The molecule has 0 N–H and O–H groups in total. The first-order valence-electron chi connectivity index (χ1n) is 10.9. The Morgan fingerprint density at radius 1 is 0.700 bits per heavy atom. The van der Waals surface area contributed by atoms with Gasteiger partial charge in [-0.15, -0.1) is 0 Å². The summed E-state index contributed by atoms with van der Waals surface area (Å²) in [6, 6.07) is 31.7. The molecule has 3 heteroatoms. The van der Waals surface area contributed by atoms with E-state index in [-0.39, 0.29) is 11.8 Å². The highest BCUT2D eigenvalue weighted by Crippen LogP contribution is 2.29. The van der Waals surface area contributed by atoms with E-state index >= 15 is 0 Å². The van der Waals surface area contributed by atoms with Crippen LogP contribution in [0.5, 0.6) is 0 Å². The van der Waals surface area contributed by atoms with Gasteiger partial charge in [0.15, 0.2) is 0 Å². The van der Waals surface area contributed by atoms with Gasteiger partial charge >= 0.3 is 0 Å². The second-order valence-corrected chi connectivity index (χ2v) is 8.06. The molecule has 0 radical (unpaired) electrons. The zero-order valence-electron chi connectivity index (χ0n) is 17.5. The van der Waals surface area contributed by atoms with E-state index in [0.29, 0.717) is 6.42 Å². The Kier molecular flexibility index (Phi) is 6.94. The van der Waals surface area contributed by atoms with E-state index in [1.807, 2.05) is 12.1 Å². The predicted molar refractivity (Wildman–Crippen MR) is 122 cm³/mol. The van der Waals surface area contributed by atoms with E-state index in [4.69, 9.17) is 0 Å². The average Bonchev–Trinajstić information content (AvgIpc) is 2.82. The average molecular weight is 399 g/mol. The van der Waals surface area contributed by atoms with Gasteiger partial charge in [0.05, 0.1) is 0 Å². The minimum absolute atomic E-state index is 0.260. The van der Waals surface area contributed by atoms with Gasteiger partial charge in [-0.25, -0.2) is 0 Å². The first kappa shape index (κ1) is 20.4. The largest absolute Gasteiger partial charge is 0.340 e. The van der Waals surface area contributed by atoms with Crippen LogP contribution in [0.3, 0.4) is 0 Å². The van der Waals surface area contributed by atoms with Crippen LogP contribution in [0.15, 0.2) is 91.0 Å². The van der Waals surface area contributed by atoms with Gasteiger partial charge in [-0.2, -0.15) is 0 Å². The van der Waals surface area contributed by atoms with Crippen molar-refractivity contribution in [3.8, 4) is 0 Å². The summed E-state index contributed by atoms with van der Waals surface area (Å²) >= 11 is 0. The first-order chi connectivity index (χ1) is 14.8. The summed E-state index contributed by atoms with van der Waals surface area (Å²) in [5, 5.41) is 0. The van der Waals surface area contributed by atoms with E-state index in [1.54, 1.807) is 0 Å². The van der Waals surface area contributed by atoms with Crippen LogP contribution in [0, 0.1) is 0 Å². The molecule has 154 valence electrons. The lowest BCUT2D eigenvalue weighted by Gasteiger charge is -2.35. The topological polar surface area (TPSA) is 23.6 Å². The molecule has 0 unspecified atom stereocenters. The molecule has 1 fully saturated rings. The van der Waals surface area contributed by atoms with Crippen LogP contribution in [0.4, 0.5) is 0 Å². The lowest BCUT2D eigenvalue weighted by Crippen LogP contribution is -2.48. The van der Waals surface area contributed by atoms with E-state index in [2.05, 4.69) is 88.7 Å². The maximum absolute atomic E-state index is 12.9. The van der Waals surface area contributed by atoms with E-state index < -0.39 is 0 Å². The van der Waals surface area contributed by atoms with Gasteiger partial charge < -0.3 is 4.90 Å². The molecule has 1 saturated heterocycles. The molecule has 30 heavy (non-hydrogen) atoms. The van der Waals surface area contributed by atoms with Gasteiger partial charge in [0.25, 0.3) is 0 Å². The smallest absolute Gasteiger partial charge is 0.222 e. The number of nitrogens with zero attached hydrogens (tertiary/aromatic N) is 2. The van der Waals surface area contributed by atoms with Crippen molar-refractivity contribution in [2.45, 2.75) is 25.3 Å². The molecule has 0 aliphatic carbocycles. The van der Waals surface area contributed by atoms with Crippen LogP contribution in [-0.4, -0.2) is 41.9 Å². The lowest BCUT2D eigenvalue weighted by atomic mass is 9.87. The summed E-state index contributed by atoms with van der Waals surface area (Å²) < 4.78 is 0. The molecule has 3 aromatic rings. The van der Waals surface area contributed by atoms with Gasteiger partial charge in [-0.05, 0) is 23.1 Å². The maximum Gasteiger partial charge on any atom is 0.222 e. The van der Waals surface area contributed by atoms with Crippen LogP contribution in [0.1, 0.15) is 35.4 Å². The molecule has 1 aliphatic heterocycles. The molecule has 0 bridgehead atoms. The number of amides is 1. The second-order valence-electron chi connectivity index (χ2n) is 8.06. The van der Waals surface area contributed by atoms with Crippen molar-refractivity contribution in [1.29, 1.82) is 0 Å². The Balaban J connectivity index is 1.32. The minimum Gasteiger partial charge on any atom is -0.340 e. The highest BCUT2D eigenvalue weighted by atomic mass is 16.2. The molecular weight excluding hydrogens is 368 g/mol. The summed E-state index contributed by atoms with van der Waals surface area (Å²) in [5.74, 6) is 0.543. The molecule has 4 rings (SSSR count). The molecule has 0 aromatic heterocycles. The molecular formula is C27H30N2O. The lowest BCUT2D eigenvalue weighted by molar-refractivity contribution is -0.133. The normalized spacial score (nSPS) is 14.8. The third-order valence-electron chi connectivity index (χ3n) is 6.02. The molecule has 3 nitrogen and oxygen atoms in total. The highest BCUT2D eigenvalue weighted by Gasteiger charge is 2.23. The Hall–Kier alpha value is -2.91. The molecule has 1 amide bonds. The standard InChI is InChI=1S/C27H30N2O/c30-27(29-20-18-28(19-21-29)22-23-10-4-1-5-11-23)17-16-26(24-12-6-2-7-13-24)25-14-8-3-9-15-25/h1-15,26H,16-22H2. The number of carbonyl (C=O) groups excluding carboxylic acids is 1. The zero-order valence-corrected chi connectivity index (χ0v) is 17.5. The van der Waals surface area contributed by atoms with E-state index in [1.165, 1.54) is 16.7 Å². The highest BCUT2D eigenvalue weighted by molar-refractivity contribution is 5.76. The van der Waals surface area contributed by atoms with Gasteiger partial charge in [-0.1, -0.05) is 91.0 Å². The number of hydrogen-bond acceptors (Lipinski definition) is 2. The summed E-state index contributed by atoms with van der Waals surface area (Å²) in [6.07, 6.45) is 1.43. The van der Waals surface area contributed by atoms with Crippen LogP contribution in [-0.2, 0) is 11.3 Å². The SMILES string of the molecule is O=C(CCC(c1ccccc1)c1ccccc1)N1CCN(Cc2ccccc2)CC1. The molecule has 3 aromatic carbocycles. The number of piperazine rings is 1. The number of hydrogen-bond donors (Lipinski definition) is 0. The Morgan fingerprint density at radius 2 is 1.20 bits per heavy atom. The van der Waals surface area contributed by atoms with Gasteiger partial charge in [-0.3, -0.25) is 9.69 Å². The fraction of sp³-hybridized carbons (Fsp3) is 0.296. The summed E-state index contributed by atoms with van der Waals surface area (Å²) in [4.78, 5) is 17.4.